The maximum absolute atomic E-state index is 12.2. The van der Waals surface area contributed by atoms with Crippen LogP contribution in [0.25, 0.3) is 0 Å². The maximum Gasteiger partial charge on any atom is 0.242 e. The third-order valence-electron chi connectivity index (χ3n) is 5.03. The van der Waals surface area contributed by atoms with Gasteiger partial charge in [-0.15, -0.1) is 0 Å². The summed E-state index contributed by atoms with van der Waals surface area (Å²) in [6, 6.07) is 2.03. The number of carbonyl (C=O) groups excluding carboxylic acids is 1. The van der Waals surface area contributed by atoms with Crippen LogP contribution in [0, 0.1) is 0 Å². The first-order valence-corrected chi connectivity index (χ1v) is 8.85. The molecule has 3 N–H and O–H groups in total. The molecule has 2 aromatic heterocycles. The van der Waals surface area contributed by atoms with Crippen LogP contribution in [0.3, 0.4) is 0 Å². The average molecular weight is 328 g/mol. The van der Waals surface area contributed by atoms with E-state index in [1.165, 1.54) is 30.5 Å². The molecule has 3 heterocycles. The summed E-state index contributed by atoms with van der Waals surface area (Å²) in [6.07, 6.45) is 7.57. The highest BCUT2D eigenvalue weighted by Gasteiger charge is 2.19. The number of amides is 1. The van der Waals surface area contributed by atoms with Crippen molar-refractivity contribution in [2.45, 2.75) is 51.1 Å². The van der Waals surface area contributed by atoms with E-state index in [0.717, 1.165) is 37.3 Å². The van der Waals surface area contributed by atoms with E-state index in [0.29, 0.717) is 12.5 Å². The van der Waals surface area contributed by atoms with Gasteiger partial charge in [0.05, 0.1) is 17.9 Å². The smallest absolute Gasteiger partial charge is 0.242 e. The highest BCUT2D eigenvalue weighted by Crippen LogP contribution is 2.23. The van der Waals surface area contributed by atoms with Gasteiger partial charge in [0.1, 0.15) is 6.54 Å². The van der Waals surface area contributed by atoms with E-state index in [-0.39, 0.29) is 12.5 Å². The molecule has 1 aliphatic heterocycles. The molecule has 7 heteroatoms. The minimum Gasteiger partial charge on any atom is -0.349 e. The standard InChI is InChI=1S/C17H24N6O/c24-17(19-10-16-13-4-1-5-15(13)20-21-16)11-23-8-6-14(22-23)12-3-2-7-18-9-12/h6,8,12,18H,1-5,7,9-11H2,(H,19,24)(H,20,21). The summed E-state index contributed by atoms with van der Waals surface area (Å²) in [7, 11) is 0. The topological polar surface area (TPSA) is 87.6 Å². The fourth-order valence-electron chi connectivity index (χ4n) is 3.71. The predicted octanol–water partition coefficient (Wildman–Crippen LogP) is 0.878. The summed E-state index contributed by atoms with van der Waals surface area (Å²) >= 11 is 0. The van der Waals surface area contributed by atoms with Crippen LogP contribution < -0.4 is 10.6 Å². The lowest BCUT2D eigenvalue weighted by Crippen LogP contribution is -2.29. The number of rotatable bonds is 5. The number of aryl methyl sites for hydroxylation is 1. The van der Waals surface area contributed by atoms with Crippen molar-refractivity contribution in [2.24, 2.45) is 0 Å². The van der Waals surface area contributed by atoms with Crippen LogP contribution in [0.1, 0.15) is 47.8 Å². The summed E-state index contributed by atoms with van der Waals surface area (Å²) in [5.41, 5.74) is 4.59. The Morgan fingerprint density at radius 3 is 3.21 bits per heavy atom. The van der Waals surface area contributed by atoms with E-state index in [4.69, 9.17) is 0 Å². The van der Waals surface area contributed by atoms with Crippen molar-refractivity contribution in [1.29, 1.82) is 0 Å². The fraction of sp³-hybridized carbons (Fsp3) is 0.588. The molecule has 0 radical (unpaired) electrons. The summed E-state index contributed by atoms with van der Waals surface area (Å²) < 4.78 is 1.73. The van der Waals surface area contributed by atoms with Gasteiger partial charge in [0.15, 0.2) is 0 Å². The summed E-state index contributed by atoms with van der Waals surface area (Å²) in [5, 5.41) is 18.3. The van der Waals surface area contributed by atoms with Gasteiger partial charge >= 0.3 is 0 Å². The highest BCUT2D eigenvalue weighted by atomic mass is 16.2. The summed E-state index contributed by atoms with van der Waals surface area (Å²) in [5.74, 6) is 0.441. The Kier molecular flexibility index (Phi) is 4.34. The van der Waals surface area contributed by atoms with Crippen LogP contribution >= 0.6 is 0 Å². The van der Waals surface area contributed by atoms with Crippen molar-refractivity contribution in [2.75, 3.05) is 13.1 Å². The number of hydrogen-bond donors (Lipinski definition) is 3. The van der Waals surface area contributed by atoms with Crippen LogP contribution in [0.5, 0.6) is 0 Å². The zero-order valence-corrected chi connectivity index (χ0v) is 13.8. The molecule has 1 atom stereocenters. The Bertz CT molecular complexity index is 712. The first-order valence-electron chi connectivity index (χ1n) is 8.85. The number of piperidine rings is 1. The van der Waals surface area contributed by atoms with E-state index in [1.54, 1.807) is 4.68 Å². The molecule has 1 aliphatic carbocycles. The molecule has 1 fully saturated rings. The lowest BCUT2D eigenvalue weighted by Gasteiger charge is -2.20. The summed E-state index contributed by atoms with van der Waals surface area (Å²) in [6.45, 7) is 2.82. The van der Waals surface area contributed by atoms with E-state index < -0.39 is 0 Å². The van der Waals surface area contributed by atoms with Gasteiger partial charge in [-0.2, -0.15) is 10.2 Å². The molecule has 1 unspecified atom stereocenters. The summed E-state index contributed by atoms with van der Waals surface area (Å²) in [4.78, 5) is 12.2. The van der Waals surface area contributed by atoms with Crippen molar-refractivity contribution in [1.82, 2.24) is 30.6 Å². The Hall–Kier alpha value is -2.15. The predicted molar refractivity (Wildman–Crippen MR) is 89.5 cm³/mol. The average Bonchev–Trinajstić information content (AvgIpc) is 3.31. The largest absolute Gasteiger partial charge is 0.349 e. The van der Waals surface area contributed by atoms with Gasteiger partial charge in [-0.25, -0.2) is 0 Å². The molecular weight excluding hydrogens is 304 g/mol. The third kappa shape index (κ3) is 3.21. The van der Waals surface area contributed by atoms with Crippen molar-refractivity contribution >= 4 is 5.91 Å². The lowest BCUT2D eigenvalue weighted by atomic mass is 9.97. The first-order chi connectivity index (χ1) is 11.8. The van der Waals surface area contributed by atoms with Gasteiger partial charge in [-0.05, 0) is 50.3 Å². The van der Waals surface area contributed by atoms with E-state index >= 15 is 0 Å². The molecule has 24 heavy (non-hydrogen) atoms. The van der Waals surface area contributed by atoms with Crippen LogP contribution in [-0.4, -0.2) is 39.0 Å². The molecule has 2 aromatic rings. The van der Waals surface area contributed by atoms with Crippen LogP contribution in [0.2, 0.25) is 0 Å². The number of hydrogen-bond acceptors (Lipinski definition) is 4. The van der Waals surface area contributed by atoms with E-state index in [2.05, 4.69) is 25.9 Å². The van der Waals surface area contributed by atoms with Crippen molar-refractivity contribution in [3.8, 4) is 0 Å². The molecule has 2 aliphatic rings. The second-order valence-electron chi connectivity index (χ2n) is 6.74. The molecule has 1 amide bonds. The van der Waals surface area contributed by atoms with Crippen molar-refractivity contribution in [3.63, 3.8) is 0 Å². The van der Waals surface area contributed by atoms with Gasteiger partial charge in [-0.3, -0.25) is 14.6 Å². The SMILES string of the molecule is O=C(Cn1ccc(C2CCCNC2)n1)NCc1n[nH]c2c1CCC2. The minimum atomic E-state index is -0.0267. The number of fused-ring (bicyclic) bond motifs is 1. The molecule has 128 valence electrons. The number of aromatic nitrogens is 4. The normalized spacial score (nSPS) is 20.1. The first kappa shape index (κ1) is 15.4. The third-order valence-corrected chi connectivity index (χ3v) is 5.03. The zero-order valence-electron chi connectivity index (χ0n) is 13.8. The molecule has 0 bridgehead atoms. The molecule has 0 aromatic carbocycles. The van der Waals surface area contributed by atoms with Crippen LogP contribution in [0.15, 0.2) is 12.3 Å². The minimum absolute atomic E-state index is 0.0267. The highest BCUT2D eigenvalue weighted by molar-refractivity contribution is 5.75. The molecule has 1 saturated heterocycles. The number of nitrogens with one attached hydrogen (secondary N) is 3. The Morgan fingerprint density at radius 2 is 2.33 bits per heavy atom. The van der Waals surface area contributed by atoms with Crippen molar-refractivity contribution < 1.29 is 4.79 Å². The Labute approximate surface area is 141 Å². The second-order valence-corrected chi connectivity index (χ2v) is 6.74. The Morgan fingerprint density at radius 1 is 1.38 bits per heavy atom. The van der Waals surface area contributed by atoms with Gasteiger partial charge in [0, 0.05) is 24.4 Å². The second kappa shape index (κ2) is 6.76. The van der Waals surface area contributed by atoms with Gasteiger partial charge in [-0.1, -0.05) is 0 Å². The molecule has 0 saturated carbocycles. The van der Waals surface area contributed by atoms with E-state index in [1.807, 2.05) is 12.3 Å². The van der Waals surface area contributed by atoms with Crippen LogP contribution in [-0.2, 0) is 30.7 Å². The van der Waals surface area contributed by atoms with Gasteiger partial charge < -0.3 is 10.6 Å². The van der Waals surface area contributed by atoms with E-state index in [9.17, 15) is 4.79 Å². The zero-order chi connectivity index (χ0) is 16.4. The van der Waals surface area contributed by atoms with Gasteiger partial charge in [0.2, 0.25) is 5.91 Å². The number of H-pyrrole nitrogens is 1. The number of aromatic amines is 1. The maximum atomic E-state index is 12.2. The molecular formula is C17H24N6O. The number of carbonyl (C=O) groups is 1. The number of nitrogens with zero attached hydrogens (tertiary/aromatic N) is 3. The van der Waals surface area contributed by atoms with Gasteiger partial charge in [0.25, 0.3) is 0 Å². The fourth-order valence-corrected chi connectivity index (χ4v) is 3.71. The Balaban J connectivity index is 1.30. The molecule has 7 nitrogen and oxygen atoms in total. The quantitative estimate of drug-likeness (QED) is 0.760. The van der Waals surface area contributed by atoms with Crippen LogP contribution in [0.4, 0.5) is 0 Å². The monoisotopic (exact) mass is 328 g/mol. The lowest BCUT2D eigenvalue weighted by molar-refractivity contribution is -0.122. The molecule has 4 rings (SSSR count). The molecule has 0 spiro atoms. The van der Waals surface area contributed by atoms with Crippen molar-refractivity contribution in [3.05, 3.63) is 34.9 Å².